The normalized spacial score (nSPS) is 12.3. The molecule has 2 aromatic carbocycles. The van der Waals surface area contributed by atoms with Crippen LogP contribution < -0.4 is 10.1 Å². The highest BCUT2D eigenvalue weighted by atomic mass is 16.5. The highest BCUT2D eigenvalue weighted by molar-refractivity contribution is 5.83. The molecule has 0 saturated heterocycles. The quantitative estimate of drug-likeness (QED) is 0.718. The molecule has 0 aliphatic carbocycles. The average Bonchev–Trinajstić information content (AvgIpc) is 3.01. The number of nitrogens with one attached hydrogen (secondary N) is 1. The van der Waals surface area contributed by atoms with Gasteiger partial charge in [0.15, 0.2) is 11.3 Å². The molecule has 0 spiro atoms. The molecule has 0 saturated carbocycles. The predicted octanol–water partition coefficient (Wildman–Crippen LogP) is 4.15. The zero-order valence-corrected chi connectivity index (χ0v) is 13.4. The standard InChI is InChI=1S/C19H21NO3/c1-13(20-16-8-6-14(7-9-16)10-11-21)18-12-15-4-3-5-17(22-2)19(15)23-18/h3-9,12-13,20-21H,10-11H2,1-2H3. The van der Waals surface area contributed by atoms with Gasteiger partial charge in [0.1, 0.15) is 5.76 Å². The van der Waals surface area contributed by atoms with E-state index in [1.165, 1.54) is 0 Å². The first-order chi connectivity index (χ1) is 11.2. The first kappa shape index (κ1) is 15.4. The summed E-state index contributed by atoms with van der Waals surface area (Å²) < 4.78 is 11.3. The molecule has 2 N–H and O–H groups in total. The molecule has 0 fully saturated rings. The van der Waals surface area contributed by atoms with Crippen LogP contribution in [0.4, 0.5) is 5.69 Å². The van der Waals surface area contributed by atoms with E-state index in [1.807, 2.05) is 48.5 Å². The summed E-state index contributed by atoms with van der Waals surface area (Å²) in [5, 5.41) is 13.4. The number of fused-ring (bicyclic) bond motifs is 1. The number of anilines is 1. The Labute approximate surface area is 135 Å². The van der Waals surface area contributed by atoms with Crippen molar-refractivity contribution < 1.29 is 14.3 Å². The molecule has 0 radical (unpaired) electrons. The van der Waals surface area contributed by atoms with Gasteiger partial charge >= 0.3 is 0 Å². The Morgan fingerprint density at radius 3 is 2.65 bits per heavy atom. The highest BCUT2D eigenvalue weighted by Crippen LogP contribution is 2.32. The van der Waals surface area contributed by atoms with Gasteiger partial charge in [0, 0.05) is 17.7 Å². The van der Waals surface area contributed by atoms with Crippen molar-refractivity contribution in [2.75, 3.05) is 19.0 Å². The average molecular weight is 311 g/mol. The minimum Gasteiger partial charge on any atom is -0.493 e. The van der Waals surface area contributed by atoms with Gasteiger partial charge in [-0.3, -0.25) is 0 Å². The van der Waals surface area contributed by atoms with E-state index in [-0.39, 0.29) is 12.6 Å². The lowest BCUT2D eigenvalue weighted by atomic mass is 10.1. The van der Waals surface area contributed by atoms with E-state index in [0.29, 0.717) is 6.42 Å². The van der Waals surface area contributed by atoms with Crippen LogP contribution in [0.2, 0.25) is 0 Å². The first-order valence-electron chi connectivity index (χ1n) is 7.74. The van der Waals surface area contributed by atoms with Gasteiger partial charge in [0.05, 0.1) is 13.2 Å². The minimum atomic E-state index is 0.0378. The second-order valence-electron chi connectivity index (χ2n) is 5.56. The second-order valence-corrected chi connectivity index (χ2v) is 5.56. The number of ether oxygens (including phenoxy) is 1. The fourth-order valence-corrected chi connectivity index (χ4v) is 2.65. The maximum absolute atomic E-state index is 8.96. The third-order valence-corrected chi connectivity index (χ3v) is 3.91. The number of furan rings is 1. The van der Waals surface area contributed by atoms with Crippen LogP contribution in [-0.2, 0) is 6.42 Å². The predicted molar refractivity (Wildman–Crippen MR) is 92.0 cm³/mol. The molecule has 3 rings (SSSR count). The fraction of sp³-hybridized carbons (Fsp3) is 0.263. The zero-order chi connectivity index (χ0) is 16.2. The molecule has 23 heavy (non-hydrogen) atoms. The summed E-state index contributed by atoms with van der Waals surface area (Å²) >= 11 is 0. The largest absolute Gasteiger partial charge is 0.493 e. The lowest BCUT2D eigenvalue weighted by Crippen LogP contribution is -2.05. The van der Waals surface area contributed by atoms with Crippen molar-refractivity contribution in [3.8, 4) is 5.75 Å². The van der Waals surface area contributed by atoms with Gasteiger partial charge in [-0.1, -0.05) is 24.3 Å². The summed E-state index contributed by atoms with van der Waals surface area (Å²) in [6, 6.07) is 16.0. The first-order valence-corrected chi connectivity index (χ1v) is 7.74. The van der Waals surface area contributed by atoms with E-state index in [4.69, 9.17) is 14.3 Å². The molecule has 0 amide bonds. The molecule has 1 atom stereocenters. The van der Waals surface area contributed by atoms with Crippen molar-refractivity contribution in [3.05, 3.63) is 59.9 Å². The highest BCUT2D eigenvalue weighted by Gasteiger charge is 2.14. The van der Waals surface area contributed by atoms with Crippen molar-refractivity contribution in [1.82, 2.24) is 0 Å². The Balaban J connectivity index is 1.78. The van der Waals surface area contributed by atoms with E-state index in [9.17, 15) is 0 Å². The van der Waals surface area contributed by atoms with Gasteiger partial charge in [0.25, 0.3) is 0 Å². The van der Waals surface area contributed by atoms with Gasteiger partial charge in [-0.05, 0) is 43.2 Å². The third-order valence-electron chi connectivity index (χ3n) is 3.91. The maximum atomic E-state index is 8.96. The van der Waals surface area contributed by atoms with Gasteiger partial charge in [-0.25, -0.2) is 0 Å². The summed E-state index contributed by atoms with van der Waals surface area (Å²) in [6.45, 7) is 2.23. The van der Waals surface area contributed by atoms with Crippen LogP contribution in [-0.4, -0.2) is 18.8 Å². The molecule has 4 heteroatoms. The number of rotatable bonds is 6. The summed E-state index contributed by atoms with van der Waals surface area (Å²) in [4.78, 5) is 0. The van der Waals surface area contributed by atoms with Gasteiger partial charge in [0.2, 0.25) is 0 Å². The minimum absolute atomic E-state index is 0.0378. The number of hydrogen-bond acceptors (Lipinski definition) is 4. The van der Waals surface area contributed by atoms with Gasteiger partial charge in [-0.15, -0.1) is 0 Å². The summed E-state index contributed by atoms with van der Waals surface area (Å²) in [7, 11) is 1.65. The molecule has 1 heterocycles. The molecule has 4 nitrogen and oxygen atoms in total. The van der Waals surface area contributed by atoms with Crippen LogP contribution in [0.5, 0.6) is 5.75 Å². The smallest absolute Gasteiger partial charge is 0.176 e. The van der Waals surface area contributed by atoms with Crippen LogP contribution >= 0.6 is 0 Å². The molecule has 0 aliphatic heterocycles. The topological polar surface area (TPSA) is 54.6 Å². The van der Waals surface area contributed by atoms with Crippen molar-refractivity contribution in [2.45, 2.75) is 19.4 Å². The Morgan fingerprint density at radius 1 is 1.17 bits per heavy atom. The Morgan fingerprint density at radius 2 is 1.96 bits per heavy atom. The fourth-order valence-electron chi connectivity index (χ4n) is 2.65. The van der Waals surface area contributed by atoms with Crippen LogP contribution in [0.3, 0.4) is 0 Å². The molecule has 120 valence electrons. The van der Waals surface area contributed by atoms with Gasteiger partial charge < -0.3 is 19.6 Å². The van der Waals surface area contributed by atoms with Crippen LogP contribution in [0.15, 0.2) is 52.9 Å². The Hall–Kier alpha value is -2.46. The summed E-state index contributed by atoms with van der Waals surface area (Å²) in [5.41, 5.74) is 2.92. The number of methoxy groups -OCH3 is 1. The Kier molecular flexibility index (Phi) is 4.53. The zero-order valence-electron chi connectivity index (χ0n) is 13.4. The molecule has 0 bridgehead atoms. The third kappa shape index (κ3) is 3.32. The molecule has 1 aromatic heterocycles. The van der Waals surface area contributed by atoms with Crippen molar-refractivity contribution in [2.24, 2.45) is 0 Å². The van der Waals surface area contributed by atoms with Crippen LogP contribution in [0, 0.1) is 0 Å². The van der Waals surface area contributed by atoms with Crippen LogP contribution in [0.25, 0.3) is 11.0 Å². The lowest BCUT2D eigenvalue weighted by molar-refractivity contribution is 0.299. The van der Waals surface area contributed by atoms with Crippen molar-refractivity contribution >= 4 is 16.7 Å². The maximum Gasteiger partial charge on any atom is 0.176 e. The van der Waals surface area contributed by atoms with Crippen molar-refractivity contribution in [3.63, 3.8) is 0 Å². The lowest BCUT2D eigenvalue weighted by Gasteiger charge is -2.13. The van der Waals surface area contributed by atoms with E-state index >= 15 is 0 Å². The van der Waals surface area contributed by atoms with E-state index in [0.717, 1.165) is 33.7 Å². The van der Waals surface area contributed by atoms with E-state index in [2.05, 4.69) is 12.2 Å². The molecule has 3 aromatic rings. The van der Waals surface area contributed by atoms with Crippen LogP contribution in [0.1, 0.15) is 24.3 Å². The summed E-state index contributed by atoms with van der Waals surface area (Å²) in [6.07, 6.45) is 0.680. The van der Waals surface area contributed by atoms with E-state index < -0.39 is 0 Å². The Bertz CT molecular complexity index is 777. The molecular formula is C19H21NO3. The van der Waals surface area contributed by atoms with Gasteiger partial charge in [-0.2, -0.15) is 0 Å². The molecule has 0 aliphatic rings. The molecule has 1 unspecified atom stereocenters. The number of aliphatic hydroxyl groups is 1. The van der Waals surface area contributed by atoms with E-state index in [1.54, 1.807) is 7.11 Å². The number of aliphatic hydroxyl groups excluding tert-OH is 1. The number of para-hydroxylation sites is 1. The summed E-state index contributed by atoms with van der Waals surface area (Å²) in [5.74, 6) is 1.61. The second kappa shape index (κ2) is 6.75. The number of benzene rings is 2. The molecular weight excluding hydrogens is 290 g/mol. The monoisotopic (exact) mass is 311 g/mol. The number of hydrogen-bond donors (Lipinski definition) is 2. The SMILES string of the molecule is COc1cccc2cc(C(C)Nc3ccc(CCO)cc3)oc12. The van der Waals surface area contributed by atoms with Crippen molar-refractivity contribution in [1.29, 1.82) is 0 Å².